The number of nitrogens with zero attached hydrogens (tertiary/aromatic N) is 4. The maximum absolute atomic E-state index is 12.3. The summed E-state index contributed by atoms with van der Waals surface area (Å²) in [4.78, 5) is 40.5. The normalized spacial score (nSPS) is 20.1. The summed E-state index contributed by atoms with van der Waals surface area (Å²) in [5, 5.41) is 0. The van der Waals surface area contributed by atoms with Gasteiger partial charge in [0.15, 0.2) is 11.2 Å². The van der Waals surface area contributed by atoms with E-state index in [2.05, 4.69) is 24.1 Å². The Morgan fingerprint density at radius 3 is 2.68 bits per heavy atom. The van der Waals surface area contributed by atoms with Gasteiger partial charge >= 0.3 is 11.7 Å². The Morgan fingerprint density at radius 1 is 1.24 bits per heavy atom. The fraction of sp³-hybridized carbons (Fsp3) is 0.529. The minimum absolute atomic E-state index is 0.110. The van der Waals surface area contributed by atoms with Gasteiger partial charge in [0.2, 0.25) is 0 Å². The van der Waals surface area contributed by atoms with Gasteiger partial charge in [0.05, 0.1) is 12.9 Å². The quantitative estimate of drug-likeness (QED) is 0.597. The average Bonchev–Trinajstić information content (AvgIpc) is 3.01. The van der Waals surface area contributed by atoms with Crippen molar-refractivity contribution >= 4 is 17.1 Å². The number of esters is 1. The summed E-state index contributed by atoms with van der Waals surface area (Å²) in [6.07, 6.45) is 7.56. The van der Waals surface area contributed by atoms with Crippen molar-refractivity contribution in [2.75, 3.05) is 6.61 Å². The molecule has 8 heteroatoms. The summed E-state index contributed by atoms with van der Waals surface area (Å²) in [5.41, 5.74) is -0.457. The van der Waals surface area contributed by atoms with Crippen molar-refractivity contribution in [2.24, 2.45) is 25.9 Å². The van der Waals surface area contributed by atoms with E-state index in [-0.39, 0.29) is 17.7 Å². The van der Waals surface area contributed by atoms with Crippen molar-refractivity contribution in [2.45, 2.75) is 26.3 Å². The Morgan fingerprint density at radius 2 is 1.96 bits per heavy atom. The van der Waals surface area contributed by atoms with Crippen LogP contribution in [0, 0.1) is 11.8 Å². The molecular formula is C17H22N4O4. The monoisotopic (exact) mass is 346 g/mol. The lowest BCUT2D eigenvalue weighted by Crippen LogP contribution is -2.37. The number of carbonyl (C=O) groups excluding carboxylic acids is 1. The van der Waals surface area contributed by atoms with Crippen LogP contribution in [0.15, 0.2) is 28.1 Å². The molecule has 1 aliphatic rings. The van der Waals surface area contributed by atoms with E-state index in [0.717, 1.165) is 17.4 Å². The van der Waals surface area contributed by atoms with Crippen molar-refractivity contribution in [3.63, 3.8) is 0 Å². The molecule has 0 bridgehead atoms. The summed E-state index contributed by atoms with van der Waals surface area (Å²) in [6, 6.07) is 0. The first-order valence-corrected chi connectivity index (χ1v) is 8.31. The Bertz CT molecular complexity index is 950. The number of rotatable bonds is 4. The number of allylic oxidation sites excluding steroid dienone is 2. The van der Waals surface area contributed by atoms with Gasteiger partial charge in [0, 0.05) is 14.1 Å². The van der Waals surface area contributed by atoms with Gasteiger partial charge in [0.1, 0.15) is 6.54 Å². The summed E-state index contributed by atoms with van der Waals surface area (Å²) in [7, 11) is 2.94. The standard InChI is InChI=1S/C17H22N4O4/c1-11-6-4-5-7-12(11)9-25-13(22)8-21-10-18-15-14(21)16(23)20(3)17(24)19(15)2/h4-5,10-12H,6-9H2,1-3H3. The molecule has 2 aromatic heterocycles. The zero-order valence-electron chi connectivity index (χ0n) is 14.6. The van der Waals surface area contributed by atoms with Gasteiger partial charge in [-0.05, 0) is 24.7 Å². The Hall–Kier alpha value is -2.64. The van der Waals surface area contributed by atoms with Gasteiger partial charge in [-0.25, -0.2) is 9.78 Å². The first kappa shape index (κ1) is 17.2. The average molecular weight is 346 g/mol. The molecule has 3 rings (SSSR count). The lowest BCUT2D eigenvalue weighted by molar-refractivity contribution is -0.146. The molecule has 2 unspecified atom stereocenters. The van der Waals surface area contributed by atoms with Crippen LogP contribution < -0.4 is 11.2 Å². The first-order valence-electron chi connectivity index (χ1n) is 8.31. The molecule has 2 heterocycles. The van der Waals surface area contributed by atoms with Gasteiger partial charge < -0.3 is 9.30 Å². The molecule has 0 fully saturated rings. The molecule has 0 radical (unpaired) electrons. The Balaban J connectivity index is 1.77. The second kappa shape index (κ2) is 6.70. The molecule has 2 atom stereocenters. The van der Waals surface area contributed by atoms with E-state index in [1.54, 1.807) is 0 Å². The minimum atomic E-state index is -0.477. The second-order valence-corrected chi connectivity index (χ2v) is 6.61. The number of hydrogen-bond acceptors (Lipinski definition) is 5. The fourth-order valence-corrected chi connectivity index (χ4v) is 3.14. The largest absolute Gasteiger partial charge is 0.464 e. The molecule has 25 heavy (non-hydrogen) atoms. The zero-order chi connectivity index (χ0) is 18.1. The van der Waals surface area contributed by atoms with Crippen molar-refractivity contribution in [1.29, 1.82) is 0 Å². The molecule has 0 N–H and O–H groups in total. The summed E-state index contributed by atoms with van der Waals surface area (Å²) in [5.74, 6) is 0.382. The highest BCUT2D eigenvalue weighted by Crippen LogP contribution is 2.25. The van der Waals surface area contributed by atoms with E-state index in [1.165, 1.54) is 29.6 Å². The van der Waals surface area contributed by atoms with Crippen LogP contribution in [0.4, 0.5) is 0 Å². The third kappa shape index (κ3) is 3.16. The van der Waals surface area contributed by atoms with Gasteiger partial charge in [-0.2, -0.15) is 0 Å². The van der Waals surface area contributed by atoms with Crippen LogP contribution in [-0.2, 0) is 30.2 Å². The maximum Gasteiger partial charge on any atom is 0.332 e. The fourth-order valence-electron chi connectivity index (χ4n) is 3.14. The predicted octanol–water partition coefficient (Wildman–Crippen LogP) is 0.579. The van der Waals surface area contributed by atoms with Crippen molar-refractivity contribution in [1.82, 2.24) is 18.7 Å². The number of hydrogen-bond donors (Lipinski definition) is 0. The molecule has 0 spiro atoms. The smallest absolute Gasteiger partial charge is 0.332 e. The molecule has 0 aromatic carbocycles. The van der Waals surface area contributed by atoms with Gasteiger partial charge in [-0.15, -0.1) is 0 Å². The summed E-state index contributed by atoms with van der Waals surface area (Å²) >= 11 is 0. The molecular weight excluding hydrogens is 324 g/mol. The Labute approximate surface area is 144 Å². The molecule has 0 amide bonds. The predicted molar refractivity (Wildman–Crippen MR) is 92.2 cm³/mol. The minimum Gasteiger partial charge on any atom is -0.464 e. The van der Waals surface area contributed by atoms with E-state index in [0.29, 0.717) is 18.4 Å². The molecule has 8 nitrogen and oxygen atoms in total. The van der Waals surface area contributed by atoms with E-state index in [9.17, 15) is 14.4 Å². The third-order valence-corrected chi connectivity index (χ3v) is 4.89. The maximum atomic E-state index is 12.3. The van der Waals surface area contributed by atoms with Crippen LogP contribution in [0.1, 0.15) is 19.8 Å². The van der Waals surface area contributed by atoms with Crippen LogP contribution in [-0.4, -0.2) is 31.3 Å². The number of imidazole rings is 1. The van der Waals surface area contributed by atoms with E-state index in [1.807, 2.05) is 0 Å². The third-order valence-electron chi connectivity index (χ3n) is 4.89. The number of ether oxygens (including phenoxy) is 1. The molecule has 2 aromatic rings. The summed E-state index contributed by atoms with van der Waals surface area (Å²) < 4.78 is 9.12. The highest BCUT2D eigenvalue weighted by molar-refractivity contribution is 5.75. The van der Waals surface area contributed by atoms with Crippen LogP contribution in [0.5, 0.6) is 0 Å². The van der Waals surface area contributed by atoms with Crippen molar-refractivity contribution in [3.8, 4) is 0 Å². The van der Waals surface area contributed by atoms with Crippen molar-refractivity contribution in [3.05, 3.63) is 39.3 Å². The zero-order valence-corrected chi connectivity index (χ0v) is 14.6. The van der Waals surface area contributed by atoms with Crippen LogP contribution in [0.25, 0.3) is 11.2 Å². The van der Waals surface area contributed by atoms with Crippen LogP contribution in [0.2, 0.25) is 0 Å². The number of aromatic nitrogens is 4. The van der Waals surface area contributed by atoms with Crippen LogP contribution >= 0.6 is 0 Å². The topological polar surface area (TPSA) is 88.1 Å². The highest BCUT2D eigenvalue weighted by Gasteiger charge is 2.21. The van der Waals surface area contributed by atoms with E-state index >= 15 is 0 Å². The number of fused-ring (bicyclic) bond motifs is 1. The van der Waals surface area contributed by atoms with Gasteiger partial charge in [0.25, 0.3) is 5.56 Å². The van der Waals surface area contributed by atoms with Gasteiger partial charge in [-0.1, -0.05) is 19.1 Å². The van der Waals surface area contributed by atoms with E-state index in [4.69, 9.17) is 4.74 Å². The molecule has 0 saturated heterocycles. The lowest BCUT2D eigenvalue weighted by atomic mass is 9.85. The van der Waals surface area contributed by atoms with Gasteiger partial charge in [-0.3, -0.25) is 18.7 Å². The summed E-state index contributed by atoms with van der Waals surface area (Å²) in [6.45, 7) is 2.41. The molecule has 0 aliphatic heterocycles. The lowest BCUT2D eigenvalue weighted by Gasteiger charge is -2.24. The number of aryl methyl sites for hydroxylation is 1. The molecule has 0 saturated carbocycles. The SMILES string of the molecule is CC1CC=CCC1COC(=O)Cn1cnc2c1c(=O)n(C)c(=O)n2C. The molecule has 134 valence electrons. The number of carbonyl (C=O) groups is 1. The molecule has 1 aliphatic carbocycles. The Kier molecular flexibility index (Phi) is 4.61. The van der Waals surface area contributed by atoms with E-state index < -0.39 is 17.2 Å². The first-order chi connectivity index (χ1) is 11.9. The highest BCUT2D eigenvalue weighted by atomic mass is 16.5. The van der Waals surface area contributed by atoms with Crippen LogP contribution in [0.3, 0.4) is 0 Å². The second-order valence-electron chi connectivity index (χ2n) is 6.61. The van der Waals surface area contributed by atoms with Crippen molar-refractivity contribution < 1.29 is 9.53 Å².